The number of likely N-dealkylation sites (N-methyl/N-ethyl adjacent to an activating group) is 1. The summed E-state index contributed by atoms with van der Waals surface area (Å²) >= 11 is 1.90. The zero-order valence-corrected chi connectivity index (χ0v) is 9.77. The molecule has 1 rings (SSSR count). The van der Waals surface area contributed by atoms with Gasteiger partial charge in [-0.25, -0.2) is 0 Å². The van der Waals surface area contributed by atoms with Crippen LogP contribution in [0.25, 0.3) is 0 Å². The van der Waals surface area contributed by atoms with Crippen LogP contribution in [0.1, 0.15) is 19.1 Å². The standard InChI is InChI=1S/C11H19NOS/c1-3-12-10(6-8-14-2)9-11-5-4-7-13-11/h4-5,7,10,12H,3,6,8-9H2,1-2H3. The second kappa shape index (κ2) is 6.96. The van der Waals surface area contributed by atoms with Crippen molar-refractivity contribution >= 4 is 11.8 Å². The van der Waals surface area contributed by atoms with E-state index in [1.807, 2.05) is 23.9 Å². The first kappa shape index (κ1) is 11.7. The molecule has 0 amide bonds. The van der Waals surface area contributed by atoms with Crippen LogP contribution in [0, 0.1) is 0 Å². The highest BCUT2D eigenvalue weighted by atomic mass is 32.2. The quantitative estimate of drug-likeness (QED) is 0.753. The lowest BCUT2D eigenvalue weighted by atomic mass is 10.1. The van der Waals surface area contributed by atoms with E-state index < -0.39 is 0 Å². The van der Waals surface area contributed by atoms with Crippen LogP contribution in [0.5, 0.6) is 0 Å². The number of rotatable bonds is 7. The van der Waals surface area contributed by atoms with Gasteiger partial charge in [0, 0.05) is 12.5 Å². The molecule has 0 fully saturated rings. The Labute approximate surface area is 90.5 Å². The summed E-state index contributed by atoms with van der Waals surface area (Å²) < 4.78 is 5.34. The lowest BCUT2D eigenvalue weighted by Gasteiger charge is -2.15. The molecule has 0 aliphatic rings. The van der Waals surface area contributed by atoms with Gasteiger partial charge in [-0.15, -0.1) is 0 Å². The number of hydrogen-bond acceptors (Lipinski definition) is 3. The molecule has 0 saturated carbocycles. The van der Waals surface area contributed by atoms with Crippen molar-refractivity contribution in [2.45, 2.75) is 25.8 Å². The van der Waals surface area contributed by atoms with Crippen LogP contribution in [-0.4, -0.2) is 24.6 Å². The molecule has 0 radical (unpaired) electrons. The Morgan fingerprint density at radius 1 is 1.57 bits per heavy atom. The molecule has 1 unspecified atom stereocenters. The van der Waals surface area contributed by atoms with E-state index in [4.69, 9.17) is 4.42 Å². The molecule has 14 heavy (non-hydrogen) atoms. The van der Waals surface area contributed by atoms with Crippen molar-refractivity contribution < 1.29 is 4.42 Å². The normalized spacial score (nSPS) is 13.0. The molecule has 0 aliphatic heterocycles. The Kier molecular flexibility index (Phi) is 5.80. The summed E-state index contributed by atoms with van der Waals surface area (Å²) in [5.74, 6) is 2.29. The Balaban J connectivity index is 2.34. The third kappa shape index (κ3) is 4.20. The van der Waals surface area contributed by atoms with Gasteiger partial charge >= 0.3 is 0 Å². The number of furan rings is 1. The van der Waals surface area contributed by atoms with Crippen LogP contribution in [0.3, 0.4) is 0 Å². The zero-order valence-electron chi connectivity index (χ0n) is 8.95. The summed E-state index contributed by atoms with van der Waals surface area (Å²) in [7, 11) is 0. The maximum Gasteiger partial charge on any atom is 0.105 e. The summed E-state index contributed by atoms with van der Waals surface area (Å²) in [6, 6.07) is 4.55. The van der Waals surface area contributed by atoms with E-state index in [9.17, 15) is 0 Å². The van der Waals surface area contributed by atoms with Crippen molar-refractivity contribution in [2.75, 3.05) is 18.6 Å². The average Bonchev–Trinajstić information content (AvgIpc) is 2.67. The molecule has 0 bridgehead atoms. The van der Waals surface area contributed by atoms with E-state index in [1.165, 1.54) is 12.2 Å². The van der Waals surface area contributed by atoms with Crippen LogP contribution >= 0.6 is 11.8 Å². The summed E-state index contributed by atoms with van der Waals surface area (Å²) in [4.78, 5) is 0. The van der Waals surface area contributed by atoms with Crippen molar-refractivity contribution in [1.29, 1.82) is 0 Å². The van der Waals surface area contributed by atoms with Crippen LogP contribution < -0.4 is 5.32 Å². The van der Waals surface area contributed by atoms with Crippen molar-refractivity contribution in [3.8, 4) is 0 Å². The molecule has 0 aromatic carbocycles. The Bertz CT molecular complexity index is 223. The highest BCUT2D eigenvalue weighted by molar-refractivity contribution is 7.98. The van der Waals surface area contributed by atoms with Gasteiger partial charge in [-0.3, -0.25) is 0 Å². The van der Waals surface area contributed by atoms with E-state index in [0.29, 0.717) is 6.04 Å². The van der Waals surface area contributed by atoms with Gasteiger partial charge in [0.25, 0.3) is 0 Å². The second-order valence-electron chi connectivity index (χ2n) is 3.32. The molecular weight excluding hydrogens is 194 g/mol. The van der Waals surface area contributed by atoms with Gasteiger partial charge in [-0.05, 0) is 37.1 Å². The lowest BCUT2D eigenvalue weighted by Crippen LogP contribution is -2.31. The van der Waals surface area contributed by atoms with E-state index in [-0.39, 0.29) is 0 Å². The minimum atomic E-state index is 0.554. The van der Waals surface area contributed by atoms with Gasteiger partial charge < -0.3 is 9.73 Å². The molecule has 80 valence electrons. The van der Waals surface area contributed by atoms with Crippen LogP contribution in [0.15, 0.2) is 22.8 Å². The molecule has 0 saturated heterocycles. The lowest BCUT2D eigenvalue weighted by molar-refractivity contribution is 0.441. The minimum absolute atomic E-state index is 0.554. The minimum Gasteiger partial charge on any atom is -0.469 e. The van der Waals surface area contributed by atoms with Crippen LogP contribution in [-0.2, 0) is 6.42 Å². The van der Waals surface area contributed by atoms with Crippen molar-refractivity contribution in [2.24, 2.45) is 0 Å². The first-order chi connectivity index (χ1) is 6.86. The third-order valence-electron chi connectivity index (χ3n) is 2.19. The number of hydrogen-bond donors (Lipinski definition) is 1. The largest absolute Gasteiger partial charge is 0.469 e. The molecular formula is C11H19NOS. The Hall–Kier alpha value is -0.410. The average molecular weight is 213 g/mol. The van der Waals surface area contributed by atoms with Gasteiger partial charge in [0.15, 0.2) is 0 Å². The molecule has 0 spiro atoms. The first-order valence-electron chi connectivity index (χ1n) is 5.11. The highest BCUT2D eigenvalue weighted by Crippen LogP contribution is 2.08. The predicted molar refractivity (Wildman–Crippen MR) is 62.9 cm³/mol. The van der Waals surface area contributed by atoms with Crippen molar-refractivity contribution in [3.63, 3.8) is 0 Å². The van der Waals surface area contributed by atoms with Gasteiger partial charge in [0.05, 0.1) is 6.26 Å². The summed E-state index contributed by atoms with van der Waals surface area (Å²) in [5, 5.41) is 3.48. The molecule has 1 heterocycles. The van der Waals surface area contributed by atoms with Gasteiger partial charge in [0.2, 0.25) is 0 Å². The van der Waals surface area contributed by atoms with Gasteiger partial charge in [0.1, 0.15) is 5.76 Å². The fourth-order valence-corrected chi connectivity index (χ4v) is 2.02. The monoisotopic (exact) mass is 213 g/mol. The van der Waals surface area contributed by atoms with E-state index in [1.54, 1.807) is 6.26 Å². The predicted octanol–water partition coefficient (Wildman–Crippen LogP) is 2.55. The Morgan fingerprint density at radius 2 is 2.43 bits per heavy atom. The molecule has 3 heteroatoms. The molecule has 1 atom stereocenters. The molecule has 1 aromatic heterocycles. The fourth-order valence-electron chi connectivity index (χ4n) is 1.50. The third-order valence-corrected chi connectivity index (χ3v) is 2.83. The number of nitrogens with one attached hydrogen (secondary N) is 1. The summed E-state index contributed by atoms with van der Waals surface area (Å²) in [6.45, 7) is 3.17. The fraction of sp³-hybridized carbons (Fsp3) is 0.636. The summed E-state index contributed by atoms with van der Waals surface area (Å²) in [6.07, 6.45) is 6.10. The zero-order chi connectivity index (χ0) is 10.2. The summed E-state index contributed by atoms with van der Waals surface area (Å²) in [5.41, 5.74) is 0. The molecule has 1 aromatic rings. The maximum atomic E-state index is 5.34. The van der Waals surface area contributed by atoms with Gasteiger partial charge in [-0.1, -0.05) is 6.92 Å². The van der Waals surface area contributed by atoms with Crippen molar-refractivity contribution in [3.05, 3.63) is 24.2 Å². The second-order valence-corrected chi connectivity index (χ2v) is 4.31. The van der Waals surface area contributed by atoms with E-state index >= 15 is 0 Å². The topological polar surface area (TPSA) is 25.2 Å². The van der Waals surface area contributed by atoms with Crippen LogP contribution in [0.4, 0.5) is 0 Å². The van der Waals surface area contributed by atoms with Crippen LogP contribution in [0.2, 0.25) is 0 Å². The first-order valence-corrected chi connectivity index (χ1v) is 6.51. The number of thioether (sulfide) groups is 1. The van der Waals surface area contributed by atoms with E-state index in [2.05, 4.69) is 18.5 Å². The molecule has 0 aliphatic carbocycles. The smallest absolute Gasteiger partial charge is 0.105 e. The SMILES string of the molecule is CCNC(CCSC)Cc1ccco1. The van der Waals surface area contributed by atoms with Gasteiger partial charge in [-0.2, -0.15) is 11.8 Å². The molecule has 2 nitrogen and oxygen atoms in total. The maximum absolute atomic E-state index is 5.34. The van der Waals surface area contributed by atoms with E-state index in [0.717, 1.165) is 18.7 Å². The molecule has 1 N–H and O–H groups in total. The van der Waals surface area contributed by atoms with Crippen molar-refractivity contribution in [1.82, 2.24) is 5.32 Å². The highest BCUT2D eigenvalue weighted by Gasteiger charge is 2.09. The Morgan fingerprint density at radius 3 is 3.00 bits per heavy atom.